The molecule has 0 heterocycles. The molecule has 7 nitrogen and oxygen atoms in total. The maximum absolute atomic E-state index is 11.8. The maximum atomic E-state index is 11.8. The summed E-state index contributed by atoms with van der Waals surface area (Å²) in [4.78, 5) is 25.6. The highest BCUT2D eigenvalue weighted by molar-refractivity contribution is 5.80. The first-order valence-corrected chi connectivity index (χ1v) is 8.08. The van der Waals surface area contributed by atoms with Crippen LogP contribution in [-0.2, 0) is 9.53 Å². The molecule has 2 atom stereocenters. The molecule has 0 radical (unpaired) electrons. The second-order valence-electron chi connectivity index (χ2n) is 7.43. The summed E-state index contributed by atoms with van der Waals surface area (Å²) in [6, 6.07) is -0.495. The Kier molecular flexibility index (Phi) is 9.16. The number of ether oxygens (including phenoxy) is 1. The summed E-state index contributed by atoms with van der Waals surface area (Å²) in [5, 5.41) is 5.93. The molecule has 0 aromatic rings. The number of primary amides is 1. The molecule has 0 aliphatic carbocycles. The third-order valence-corrected chi connectivity index (χ3v) is 3.40. The summed E-state index contributed by atoms with van der Waals surface area (Å²) in [6.07, 6.45) is -0.486. The normalized spacial score (nSPS) is 14.7. The Morgan fingerprint density at radius 2 is 1.78 bits per heavy atom. The Hall–Kier alpha value is -1.34. The van der Waals surface area contributed by atoms with Crippen LogP contribution < -0.4 is 16.4 Å². The minimum Gasteiger partial charge on any atom is -0.444 e. The zero-order chi connectivity index (χ0) is 18.2. The van der Waals surface area contributed by atoms with Crippen molar-refractivity contribution in [2.75, 3.05) is 33.7 Å². The highest BCUT2D eigenvalue weighted by Gasteiger charge is 2.29. The van der Waals surface area contributed by atoms with Crippen molar-refractivity contribution in [3.8, 4) is 0 Å². The molecule has 0 rings (SSSR count). The number of nitrogens with one attached hydrogen (secondary N) is 2. The number of carbonyl (C=O) groups excluding carboxylic acids is 2. The van der Waals surface area contributed by atoms with Crippen LogP contribution in [0.15, 0.2) is 0 Å². The molecule has 2 unspecified atom stereocenters. The van der Waals surface area contributed by atoms with Crippen LogP contribution in [0, 0.1) is 11.8 Å². The predicted octanol–water partition coefficient (Wildman–Crippen LogP) is 0.788. The fourth-order valence-corrected chi connectivity index (χ4v) is 2.16. The predicted molar refractivity (Wildman–Crippen MR) is 92.1 cm³/mol. The topological polar surface area (TPSA) is 96.7 Å². The molecule has 2 amide bonds. The van der Waals surface area contributed by atoms with Crippen molar-refractivity contribution in [1.82, 2.24) is 15.5 Å². The van der Waals surface area contributed by atoms with Gasteiger partial charge in [0.15, 0.2) is 0 Å². The van der Waals surface area contributed by atoms with Gasteiger partial charge in [-0.25, -0.2) is 4.79 Å². The van der Waals surface area contributed by atoms with E-state index in [0.29, 0.717) is 13.1 Å². The largest absolute Gasteiger partial charge is 0.444 e. The number of carbonyl (C=O) groups is 2. The average Bonchev–Trinajstić information content (AvgIpc) is 2.33. The zero-order valence-electron chi connectivity index (χ0n) is 15.6. The lowest BCUT2D eigenvalue weighted by molar-refractivity contribution is -0.121. The Balaban J connectivity index is 4.70. The number of hydrogen-bond donors (Lipinski definition) is 3. The quantitative estimate of drug-likeness (QED) is 0.581. The van der Waals surface area contributed by atoms with E-state index in [-0.39, 0.29) is 11.8 Å². The van der Waals surface area contributed by atoms with Gasteiger partial charge in [-0.15, -0.1) is 0 Å². The number of nitrogens with two attached hydrogens (primary N) is 1. The minimum atomic E-state index is -0.551. The van der Waals surface area contributed by atoms with E-state index < -0.39 is 23.6 Å². The monoisotopic (exact) mass is 330 g/mol. The molecule has 0 aromatic heterocycles. The maximum Gasteiger partial charge on any atom is 0.407 e. The molecule has 7 heteroatoms. The molecular formula is C16H34N4O3. The fourth-order valence-electron chi connectivity index (χ4n) is 2.16. The smallest absolute Gasteiger partial charge is 0.407 e. The Morgan fingerprint density at radius 1 is 1.22 bits per heavy atom. The molecule has 0 aromatic carbocycles. The first-order chi connectivity index (χ1) is 10.4. The van der Waals surface area contributed by atoms with E-state index in [1.165, 1.54) is 0 Å². The van der Waals surface area contributed by atoms with E-state index in [4.69, 9.17) is 10.5 Å². The second-order valence-corrected chi connectivity index (χ2v) is 7.43. The van der Waals surface area contributed by atoms with Gasteiger partial charge < -0.3 is 26.0 Å². The molecule has 0 saturated heterocycles. The van der Waals surface area contributed by atoms with Gasteiger partial charge in [0.25, 0.3) is 0 Å². The van der Waals surface area contributed by atoms with Crippen molar-refractivity contribution in [3.63, 3.8) is 0 Å². The first-order valence-electron chi connectivity index (χ1n) is 8.08. The van der Waals surface area contributed by atoms with Gasteiger partial charge in [0.2, 0.25) is 5.91 Å². The van der Waals surface area contributed by atoms with Gasteiger partial charge in [0.05, 0.1) is 6.04 Å². The SMILES string of the molecule is CC(C)C(CNC(=O)OC(C)(C)C)C(NCCN(C)C)C(N)=O. The van der Waals surface area contributed by atoms with Gasteiger partial charge in [-0.05, 0) is 40.8 Å². The second kappa shape index (κ2) is 9.72. The fraction of sp³-hybridized carbons (Fsp3) is 0.875. The van der Waals surface area contributed by atoms with E-state index in [0.717, 1.165) is 6.54 Å². The van der Waals surface area contributed by atoms with E-state index in [9.17, 15) is 9.59 Å². The average molecular weight is 330 g/mol. The van der Waals surface area contributed by atoms with Gasteiger partial charge in [0.1, 0.15) is 5.60 Å². The van der Waals surface area contributed by atoms with Crippen molar-refractivity contribution in [3.05, 3.63) is 0 Å². The number of likely N-dealkylation sites (N-methyl/N-ethyl adjacent to an activating group) is 1. The lowest BCUT2D eigenvalue weighted by Gasteiger charge is -2.30. The molecule has 0 saturated carbocycles. The lowest BCUT2D eigenvalue weighted by atomic mass is 9.87. The highest BCUT2D eigenvalue weighted by atomic mass is 16.6. The summed E-state index contributed by atoms with van der Waals surface area (Å²) < 4.78 is 5.23. The third-order valence-electron chi connectivity index (χ3n) is 3.40. The van der Waals surface area contributed by atoms with Gasteiger partial charge in [-0.3, -0.25) is 4.79 Å². The Labute approximate surface area is 140 Å². The minimum absolute atomic E-state index is 0.109. The van der Waals surface area contributed by atoms with Crippen molar-refractivity contribution in [2.24, 2.45) is 17.6 Å². The van der Waals surface area contributed by atoms with Crippen LogP contribution in [-0.4, -0.2) is 62.3 Å². The van der Waals surface area contributed by atoms with E-state index in [2.05, 4.69) is 10.6 Å². The van der Waals surface area contributed by atoms with Gasteiger partial charge in [-0.2, -0.15) is 0 Å². The summed E-state index contributed by atoms with van der Waals surface area (Å²) in [5.41, 5.74) is 4.99. The summed E-state index contributed by atoms with van der Waals surface area (Å²) in [7, 11) is 3.93. The third kappa shape index (κ3) is 10.1. The van der Waals surface area contributed by atoms with Crippen LogP contribution in [0.25, 0.3) is 0 Å². The number of hydrogen-bond acceptors (Lipinski definition) is 5. The standard InChI is InChI=1S/C16H34N4O3/c1-11(2)12(10-19-15(22)23-16(3,4)5)13(14(17)21)18-8-9-20(6)7/h11-13,18H,8-10H2,1-7H3,(H2,17,21)(H,19,22). The van der Waals surface area contributed by atoms with Crippen molar-refractivity contribution >= 4 is 12.0 Å². The number of rotatable bonds is 9. The summed E-state index contributed by atoms with van der Waals surface area (Å²) in [5.74, 6) is -0.343. The van der Waals surface area contributed by atoms with Gasteiger partial charge >= 0.3 is 6.09 Å². The van der Waals surface area contributed by atoms with Crippen LogP contribution >= 0.6 is 0 Å². The Bertz CT molecular complexity index is 378. The molecule has 0 fully saturated rings. The van der Waals surface area contributed by atoms with E-state index in [1.807, 2.05) is 53.6 Å². The molecule has 0 aliphatic rings. The van der Waals surface area contributed by atoms with Gasteiger partial charge in [0, 0.05) is 25.6 Å². The molecular weight excluding hydrogens is 296 g/mol. The summed E-state index contributed by atoms with van der Waals surface area (Å²) in [6.45, 7) is 11.2. The number of alkyl carbamates (subject to hydrolysis) is 1. The lowest BCUT2D eigenvalue weighted by Crippen LogP contribution is -2.53. The van der Waals surface area contributed by atoms with Crippen LogP contribution in [0.2, 0.25) is 0 Å². The number of amides is 2. The zero-order valence-corrected chi connectivity index (χ0v) is 15.6. The number of nitrogens with zero attached hydrogens (tertiary/aromatic N) is 1. The van der Waals surface area contributed by atoms with Crippen molar-refractivity contribution in [1.29, 1.82) is 0 Å². The molecule has 4 N–H and O–H groups in total. The highest BCUT2D eigenvalue weighted by Crippen LogP contribution is 2.15. The summed E-state index contributed by atoms with van der Waals surface area (Å²) >= 11 is 0. The van der Waals surface area contributed by atoms with E-state index in [1.54, 1.807) is 0 Å². The Morgan fingerprint density at radius 3 is 2.17 bits per heavy atom. The van der Waals surface area contributed by atoms with Crippen molar-refractivity contribution in [2.45, 2.75) is 46.3 Å². The van der Waals surface area contributed by atoms with Crippen molar-refractivity contribution < 1.29 is 14.3 Å². The first kappa shape index (κ1) is 21.7. The molecule has 23 heavy (non-hydrogen) atoms. The molecule has 136 valence electrons. The van der Waals surface area contributed by atoms with Crippen LogP contribution in [0.4, 0.5) is 4.79 Å². The van der Waals surface area contributed by atoms with Crippen LogP contribution in [0.3, 0.4) is 0 Å². The molecule has 0 spiro atoms. The molecule has 0 aliphatic heterocycles. The van der Waals surface area contributed by atoms with Crippen LogP contribution in [0.5, 0.6) is 0 Å². The van der Waals surface area contributed by atoms with Crippen LogP contribution in [0.1, 0.15) is 34.6 Å². The van der Waals surface area contributed by atoms with Gasteiger partial charge in [-0.1, -0.05) is 13.8 Å². The molecule has 0 bridgehead atoms. The van der Waals surface area contributed by atoms with E-state index >= 15 is 0 Å².